The van der Waals surface area contributed by atoms with E-state index in [1.54, 1.807) is 31.2 Å². The molecule has 0 radical (unpaired) electrons. The van der Waals surface area contributed by atoms with E-state index in [2.05, 4.69) is 48.1 Å². The first-order valence-electron chi connectivity index (χ1n) is 16.2. The highest BCUT2D eigenvalue weighted by Gasteiger charge is 2.17. The van der Waals surface area contributed by atoms with E-state index in [1.165, 1.54) is 17.7 Å². The van der Waals surface area contributed by atoms with Gasteiger partial charge in [-0.05, 0) is 121 Å². The number of nitrogens with one attached hydrogen (secondary N) is 1. The van der Waals surface area contributed by atoms with Gasteiger partial charge in [0.1, 0.15) is 16.3 Å². The molecule has 0 aliphatic heterocycles. The largest absolute Gasteiger partial charge is 0.505 e. The topological polar surface area (TPSA) is 181 Å². The van der Waals surface area contributed by atoms with Crippen molar-refractivity contribution in [1.82, 2.24) is 0 Å². The van der Waals surface area contributed by atoms with Gasteiger partial charge in [-0.2, -0.15) is 28.9 Å². The van der Waals surface area contributed by atoms with E-state index in [-0.39, 0.29) is 11.4 Å². The van der Waals surface area contributed by atoms with Crippen LogP contribution in [0.1, 0.15) is 27.8 Å². The molecule has 4 N–H and O–H groups in total. The van der Waals surface area contributed by atoms with Crippen LogP contribution in [0.25, 0.3) is 10.8 Å². The number of nitrogens with zero attached hydrogens (tertiary/aromatic N) is 6. The van der Waals surface area contributed by atoms with Crippen molar-refractivity contribution in [2.24, 2.45) is 30.7 Å². The van der Waals surface area contributed by atoms with E-state index in [0.29, 0.717) is 51.5 Å². The van der Waals surface area contributed by atoms with Gasteiger partial charge in [-0.15, -0.1) is 10.2 Å². The van der Waals surface area contributed by atoms with Crippen LogP contribution in [0.4, 0.5) is 39.8 Å². The summed E-state index contributed by atoms with van der Waals surface area (Å²) in [6.45, 7) is 5.89. The number of aliphatic hydroxyl groups is 1. The Morgan fingerprint density at radius 1 is 0.596 bits per heavy atom. The van der Waals surface area contributed by atoms with E-state index in [1.807, 2.05) is 68.4 Å². The molecule has 0 aromatic heterocycles. The lowest BCUT2D eigenvalue weighted by Crippen LogP contribution is -1.99. The van der Waals surface area contributed by atoms with Crippen LogP contribution in [0.5, 0.6) is 5.75 Å². The standard InChI is InChI=1S/C39H35N7O5S/c1-24-17-31(12-16-33(24)42-43-34-14-9-28(23-47)20-38(34)52(49,50)51)41-45-36-18-26(3)37(19-25(36)2)46-44-35-15-10-29-21-30(11-13-32(29)39(35)48)40-22-27-7-5-4-6-8-27/h4-21,40,47-48H,22-23H2,1-3H3,(H,49,50,51). The van der Waals surface area contributed by atoms with E-state index < -0.39 is 21.6 Å². The van der Waals surface area contributed by atoms with Crippen molar-refractivity contribution < 1.29 is 23.2 Å². The highest BCUT2D eigenvalue weighted by molar-refractivity contribution is 7.86. The maximum absolute atomic E-state index is 11.8. The molecule has 0 bridgehead atoms. The zero-order valence-electron chi connectivity index (χ0n) is 28.6. The summed E-state index contributed by atoms with van der Waals surface area (Å²) in [5.74, 6) is 0.0537. The molecule has 0 aliphatic rings. The molecule has 0 saturated heterocycles. The summed E-state index contributed by atoms with van der Waals surface area (Å²) in [5, 5.41) is 51.1. The third-order valence-corrected chi connectivity index (χ3v) is 9.18. The van der Waals surface area contributed by atoms with E-state index >= 15 is 0 Å². The van der Waals surface area contributed by atoms with Gasteiger partial charge < -0.3 is 15.5 Å². The molecule has 6 rings (SSSR count). The predicted molar refractivity (Wildman–Crippen MR) is 201 cm³/mol. The third kappa shape index (κ3) is 8.41. The van der Waals surface area contributed by atoms with Crippen molar-refractivity contribution in [1.29, 1.82) is 0 Å². The Balaban J connectivity index is 1.14. The number of aliphatic hydroxyl groups excluding tert-OH is 1. The summed E-state index contributed by atoms with van der Waals surface area (Å²) in [5.41, 5.74) is 7.39. The van der Waals surface area contributed by atoms with Crippen LogP contribution in [-0.4, -0.2) is 23.2 Å². The summed E-state index contributed by atoms with van der Waals surface area (Å²) >= 11 is 0. The van der Waals surface area contributed by atoms with Gasteiger partial charge in [0.05, 0.1) is 29.4 Å². The number of rotatable bonds is 11. The van der Waals surface area contributed by atoms with Gasteiger partial charge in [0.25, 0.3) is 10.1 Å². The Labute approximate surface area is 300 Å². The average molecular weight is 714 g/mol. The Hall–Kier alpha value is -6.15. The van der Waals surface area contributed by atoms with Crippen molar-refractivity contribution in [3.63, 3.8) is 0 Å². The van der Waals surface area contributed by atoms with Crippen molar-refractivity contribution in [2.75, 3.05) is 5.32 Å². The summed E-state index contributed by atoms with van der Waals surface area (Å²) in [6.07, 6.45) is 0. The first kappa shape index (κ1) is 35.7. The second-order valence-corrected chi connectivity index (χ2v) is 13.5. The maximum Gasteiger partial charge on any atom is 0.296 e. The van der Waals surface area contributed by atoms with Gasteiger partial charge in [0.2, 0.25) is 0 Å². The maximum atomic E-state index is 11.8. The molecule has 0 fully saturated rings. The summed E-state index contributed by atoms with van der Waals surface area (Å²) < 4.78 is 33.2. The molecule has 13 heteroatoms. The number of phenols is 1. The fourth-order valence-corrected chi connectivity index (χ4v) is 6.05. The predicted octanol–water partition coefficient (Wildman–Crippen LogP) is 11.1. The molecule has 0 amide bonds. The lowest BCUT2D eigenvalue weighted by atomic mass is 10.1. The third-order valence-electron chi connectivity index (χ3n) is 8.29. The molecule has 0 unspecified atom stereocenters. The van der Waals surface area contributed by atoms with Crippen LogP contribution in [0.15, 0.2) is 145 Å². The highest BCUT2D eigenvalue weighted by Crippen LogP contribution is 2.38. The second-order valence-electron chi connectivity index (χ2n) is 12.1. The number of anilines is 1. The van der Waals surface area contributed by atoms with Crippen molar-refractivity contribution in [2.45, 2.75) is 38.8 Å². The van der Waals surface area contributed by atoms with Crippen LogP contribution in [0.2, 0.25) is 0 Å². The van der Waals surface area contributed by atoms with Gasteiger partial charge in [-0.25, -0.2) is 0 Å². The number of hydrogen-bond acceptors (Lipinski definition) is 11. The molecule has 262 valence electrons. The molecule has 0 heterocycles. The van der Waals surface area contributed by atoms with E-state index in [9.17, 15) is 23.2 Å². The first-order valence-corrected chi connectivity index (χ1v) is 17.6. The fourth-order valence-electron chi connectivity index (χ4n) is 5.38. The molecular weight excluding hydrogens is 679 g/mol. The zero-order chi connectivity index (χ0) is 36.8. The Kier molecular flexibility index (Phi) is 10.6. The number of azo groups is 3. The quantitative estimate of drug-likeness (QED) is 0.0765. The summed E-state index contributed by atoms with van der Waals surface area (Å²) in [4.78, 5) is -0.447. The molecule has 0 spiro atoms. The Morgan fingerprint density at radius 2 is 1.21 bits per heavy atom. The lowest BCUT2D eigenvalue weighted by molar-refractivity contribution is 0.281. The molecule has 6 aromatic rings. The van der Waals surface area contributed by atoms with Gasteiger partial charge in [-0.3, -0.25) is 4.55 Å². The summed E-state index contributed by atoms with van der Waals surface area (Å²) in [7, 11) is -4.58. The number of hydrogen-bond donors (Lipinski definition) is 4. The highest BCUT2D eigenvalue weighted by atomic mass is 32.2. The van der Waals surface area contributed by atoms with Crippen molar-refractivity contribution in [3.8, 4) is 5.75 Å². The number of aromatic hydroxyl groups is 1. The van der Waals surface area contributed by atoms with Crippen LogP contribution >= 0.6 is 0 Å². The van der Waals surface area contributed by atoms with Crippen molar-refractivity contribution in [3.05, 3.63) is 137 Å². The minimum Gasteiger partial charge on any atom is -0.505 e. The SMILES string of the molecule is Cc1cc(N=Nc2ccc3cc(NCc4ccccc4)ccc3c2O)c(C)cc1N=Nc1ccc(N=Nc2ccc(CO)cc2S(=O)(=O)O)c(C)c1. The smallest absolute Gasteiger partial charge is 0.296 e. The van der Waals surface area contributed by atoms with Crippen LogP contribution < -0.4 is 5.32 Å². The van der Waals surface area contributed by atoms with Crippen LogP contribution in [-0.2, 0) is 23.3 Å². The van der Waals surface area contributed by atoms with Crippen LogP contribution in [0.3, 0.4) is 0 Å². The Morgan fingerprint density at radius 3 is 1.90 bits per heavy atom. The minimum atomic E-state index is -4.58. The number of benzene rings is 6. The number of phenolic OH excluding ortho intramolecular Hbond substituents is 1. The number of fused-ring (bicyclic) bond motifs is 1. The molecule has 0 aliphatic carbocycles. The van der Waals surface area contributed by atoms with Gasteiger partial charge in [0.15, 0.2) is 5.75 Å². The van der Waals surface area contributed by atoms with Crippen LogP contribution in [0, 0.1) is 20.8 Å². The molecule has 52 heavy (non-hydrogen) atoms. The fraction of sp³-hybridized carbons (Fsp3) is 0.128. The zero-order valence-corrected chi connectivity index (χ0v) is 29.4. The van der Waals surface area contributed by atoms with E-state index in [4.69, 9.17) is 0 Å². The Bertz CT molecular complexity index is 2480. The monoisotopic (exact) mass is 713 g/mol. The average Bonchev–Trinajstić information content (AvgIpc) is 3.13. The molecular formula is C39H35N7O5S. The lowest BCUT2D eigenvalue weighted by Gasteiger charge is -2.09. The molecule has 6 aromatic carbocycles. The molecule has 12 nitrogen and oxygen atoms in total. The molecule has 0 atom stereocenters. The van der Waals surface area contributed by atoms with Gasteiger partial charge in [0, 0.05) is 17.6 Å². The normalized spacial score (nSPS) is 12.1. The first-order chi connectivity index (χ1) is 25.0. The van der Waals surface area contributed by atoms with Gasteiger partial charge >= 0.3 is 0 Å². The number of aryl methyl sites for hydroxylation is 3. The molecule has 0 saturated carbocycles. The second kappa shape index (κ2) is 15.4. The minimum absolute atomic E-state index is 0.0537. The van der Waals surface area contributed by atoms with Crippen molar-refractivity contribution >= 4 is 60.7 Å². The summed E-state index contributed by atoms with van der Waals surface area (Å²) in [6, 6.07) is 32.4. The van der Waals surface area contributed by atoms with Gasteiger partial charge in [-0.1, -0.05) is 42.5 Å². The van der Waals surface area contributed by atoms with E-state index in [0.717, 1.165) is 28.3 Å².